The van der Waals surface area contributed by atoms with Crippen LogP contribution in [0.1, 0.15) is 39.7 Å². The first-order chi connectivity index (χ1) is 12.8. The maximum Gasteiger partial charge on any atom is 0.410 e. The normalized spacial score (nSPS) is 11.1. The van der Waals surface area contributed by atoms with Crippen molar-refractivity contribution in [2.24, 2.45) is 0 Å². The Kier molecular flexibility index (Phi) is 6.92. The van der Waals surface area contributed by atoms with Gasteiger partial charge in [-0.1, -0.05) is 18.2 Å². The minimum Gasteiger partial charge on any atom is -0.444 e. The van der Waals surface area contributed by atoms with Crippen molar-refractivity contribution in [3.05, 3.63) is 42.5 Å². The maximum absolute atomic E-state index is 12.4. The molecule has 0 aliphatic heterocycles. The van der Waals surface area contributed by atoms with Crippen LogP contribution in [0.4, 0.5) is 10.5 Å². The van der Waals surface area contributed by atoms with Crippen molar-refractivity contribution in [1.29, 1.82) is 0 Å². The van der Waals surface area contributed by atoms with E-state index in [1.165, 1.54) is 6.33 Å². The molecule has 0 spiro atoms. The molecule has 1 aromatic heterocycles. The third kappa shape index (κ3) is 6.73. The van der Waals surface area contributed by atoms with Crippen LogP contribution in [0.3, 0.4) is 0 Å². The first-order valence-corrected chi connectivity index (χ1v) is 8.96. The molecule has 1 aromatic carbocycles. The summed E-state index contributed by atoms with van der Waals surface area (Å²) in [6.45, 7) is 8.71. The summed E-state index contributed by atoms with van der Waals surface area (Å²) in [5.41, 5.74) is 0.974. The molecule has 1 N–H and O–H groups in total. The van der Waals surface area contributed by atoms with Crippen LogP contribution in [-0.4, -0.2) is 43.8 Å². The average Bonchev–Trinajstić information content (AvgIpc) is 3.11. The summed E-state index contributed by atoms with van der Waals surface area (Å²) >= 11 is 0. The largest absolute Gasteiger partial charge is 0.444 e. The van der Waals surface area contributed by atoms with Crippen molar-refractivity contribution in [3.8, 4) is 0 Å². The van der Waals surface area contributed by atoms with Gasteiger partial charge in [0.2, 0.25) is 5.91 Å². The van der Waals surface area contributed by atoms with Crippen LogP contribution in [-0.2, 0) is 22.6 Å². The number of benzene rings is 1. The fraction of sp³-hybridized carbons (Fsp3) is 0.474. The lowest BCUT2D eigenvalue weighted by Crippen LogP contribution is -2.36. The molecule has 0 saturated carbocycles. The summed E-state index contributed by atoms with van der Waals surface area (Å²) in [6.07, 6.45) is 2.91. The number of rotatable bonds is 7. The third-order valence-corrected chi connectivity index (χ3v) is 3.72. The fourth-order valence-corrected chi connectivity index (χ4v) is 2.39. The topological polar surface area (TPSA) is 89.4 Å². The van der Waals surface area contributed by atoms with E-state index in [-0.39, 0.29) is 18.4 Å². The molecule has 0 bridgehead atoms. The predicted octanol–water partition coefficient (Wildman–Crippen LogP) is 3.06. The first kappa shape index (κ1) is 20.4. The number of hydrogen-bond donors (Lipinski definition) is 1. The highest BCUT2D eigenvalue weighted by Crippen LogP contribution is 2.19. The van der Waals surface area contributed by atoms with Gasteiger partial charge in [0.15, 0.2) is 0 Å². The lowest BCUT2D eigenvalue weighted by molar-refractivity contribution is -0.116. The van der Waals surface area contributed by atoms with E-state index >= 15 is 0 Å². The van der Waals surface area contributed by atoms with Gasteiger partial charge in [-0.25, -0.2) is 9.78 Å². The molecule has 0 aliphatic carbocycles. The van der Waals surface area contributed by atoms with Gasteiger partial charge in [-0.3, -0.25) is 9.48 Å². The van der Waals surface area contributed by atoms with E-state index in [0.717, 1.165) is 5.56 Å². The van der Waals surface area contributed by atoms with Crippen LogP contribution in [0.15, 0.2) is 36.9 Å². The number of carbonyl (C=O) groups excluding carboxylic acids is 2. The lowest BCUT2D eigenvalue weighted by Gasteiger charge is -2.27. The molecule has 0 fully saturated rings. The van der Waals surface area contributed by atoms with Crippen LogP contribution >= 0.6 is 0 Å². The van der Waals surface area contributed by atoms with Gasteiger partial charge in [-0.15, -0.1) is 0 Å². The highest BCUT2D eigenvalue weighted by Gasteiger charge is 2.22. The zero-order valence-corrected chi connectivity index (χ0v) is 16.3. The van der Waals surface area contributed by atoms with Crippen molar-refractivity contribution < 1.29 is 14.3 Å². The van der Waals surface area contributed by atoms with Gasteiger partial charge in [0.25, 0.3) is 0 Å². The number of aromatic nitrogens is 3. The Morgan fingerprint density at radius 3 is 2.63 bits per heavy atom. The summed E-state index contributed by atoms with van der Waals surface area (Å²) in [5, 5.41) is 6.89. The van der Waals surface area contributed by atoms with Gasteiger partial charge in [0, 0.05) is 18.7 Å². The molecule has 2 amide bonds. The highest BCUT2D eigenvalue weighted by atomic mass is 16.6. The third-order valence-electron chi connectivity index (χ3n) is 3.72. The van der Waals surface area contributed by atoms with E-state index in [4.69, 9.17) is 4.74 Å². The Morgan fingerprint density at radius 1 is 1.26 bits per heavy atom. The van der Waals surface area contributed by atoms with E-state index in [2.05, 4.69) is 15.4 Å². The summed E-state index contributed by atoms with van der Waals surface area (Å²) in [6, 6.07) is 7.44. The molecule has 0 unspecified atom stereocenters. The van der Waals surface area contributed by atoms with E-state index in [9.17, 15) is 9.59 Å². The van der Waals surface area contributed by atoms with Crippen LogP contribution in [0.25, 0.3) is 0 Å². The first-order valence-electron chi connectivity index (χ1n) is 8.96. The molecule has 2 rings (SSSR count). The predicted molar refractivity (Wildman–Crippen MR) is 102 cm³/mol. The molecule has 0 atom stereocenters. The van der Waals surface area contributed by atoms with Gasteiger partial charge in [-0.2, -0.15) is 5.10 Å². The zero-order chi connectivity index (χ0) is 19.9. The quantitative estimate of drug-likeness (QED) is 0.806. The number of ether oxygens (including phenoxy) is 1. The molecular formula is C19H27N5O3. The number of nitrogens with one attached hydrogen (secondary N) is 1. The average molecular weight is 373 g/mol. The molecule has 8 nitrogen and oxygen atoms in total. The van der Waals surface area contributed by atoms with E-state index in [1.54, 1.807) is 15.9 Å². The molecule has 0 aliphatic rings. The van der Waals surface area contributed by atoms with Crippen molar-refractivity contribution in [2.45, 2.75) is 52.8 Å². The Labute approximate surface area is 159 Å². The lowest BCUT2D eigenvalue weighted by atomic mass is 10.1. The smallest absolute Gasteiger partial charge is 0.410 e. The minimum absolute atomic E-state index is 0.127. The number of hydrogen-bond acceptors (Lipinski definition) is 5. The maximum atomic E-state index is 12.4. The molecular weight excluding hydrogens is 346 g/mol. The molecule has 146 valence electrons. The Hall–Kier alpha value is -2.90. The van der Waals surface area contributed by atoms with Gasteiger partial charge in [0.1, 0.15) is 18.3 Å². The van der Waals surface area contributed by atoms with Crippen molar-refractivity contribution in [2.75, 3.05) is 11.9 Å². The number of aryl methyl sites for hydroxylation is 1. The van der Waals surface area contributed by atoms with Gasteiger partial charge in [-0.05, 0) is 39.3 Å². The van der Waals surface area contributed by atoms with Gasteiger partial charge >= 0.3 is 6.09 Å². The standard InChI is InChI=1S/C19H27N5O3/c1-5-23(18(26)27-19(2,3)4)12-15-8-6-7-9-16(15)22-17(25)10-11-24-14-20-13-21-24/h6-9,13-14H,5,10-12H2,1-4H3,(H,22,25). The second-order valence-corrected chi connectivity index (χ2v) is 7.11. The molecule has 8 heteroatoms. The van der Waals surface area contributed by atoms with E-state index < -0.39 is 5.60 Å². The Morgan fingerprint density at radius 2 is 2.00 bits per heavy atom. The van der Waals surface area contributed by atoms with Crippen molar-refractivity contribution in [1.82, 2.24) is 19.7 Å². The zero-order valence-electron chi connectivity index (χ0n) is 16.3. The number of nitrogens with zero attached hydrogens (tertiary/aromatic N) is 4. The summed E-state index contributed by atoms with van der Waals surface area (Å²) in [4.78, 5) is 30.1. The second-order valence-electron chi connectivity index (χ2n) is 7.11. The van der Waals surface area contributed by atoms with E-state index in [1.807, 2.05) is 52.0 Å². The second kappa shape index (κ2) is 9.16. The Bertz CT molecular complexity index is 753. The minimum atomic E-state index is -0.556. The number of amides is 2. The molecule has 27 heavy (non-hydrogen) atoms. The van der Waals surface area contributed by atoms with Crippen LogP contribution in [0, 0.1) is 0 Å². The van der Waals surface area contributed by atoms with Gasteiger partial charge in [0.05, 0.1) is 13.1 Å². The highest BCUT2D eigenvalue weighted by molar-refractivity contribution is 5.91. The van der Waals surface area contributed by atoms with E-state index in [0.29, 0.717) is 25.3 Å². The van der Waals surface area contributed by atoms with Gasteiger partial charge < -0.3 is 15.0 Å². The number of anilines is 1. The fourth-order valence-electron chi connectivity index (χ4n) is 2.39. The SMILES string of the molecule is CCN(Cc1ccccc1NC(=O)CCn1cncn1)C(=O)OC(C)(C)C. The Balaban J connectivity index is 2.01. The van der Waals surface area contributed by atoms with Crippen LogP contribution < -0.4 is 5.32 Å². The van der Waals surface area contributed by atoms with Crippen molar-refractivity contribution >= 4 is 17.7 Å². The molecule has 0 saturated heterocycles. The number of carbonyl (C=O) groups is 2. The monoisotopic (exact) mass is 373 g/mol. The van der Waals surface area contributed by atoms with Crippen LogP contribution in [0.5, 0.6) is 0 Å². The summed E-state index contributed by atoms with van der Waals surface area (Å²) in [7, 11) is 0. The molecule has 2 aromatic rings. The molecule has 0 radical (unpaired) electrons. The molecule has 1 heterocycles. The van der Waals surface area contributed by atoms with Crippen LogP contribution in [0.2, 0.25) is 0 Å². The van der Waals surface area contributed by atoms with Crippen molar-refractivity contribution in [3.63, 3.8) is 0 Å². The summed E-state index contributed by atoms with van der Waals surface area (Å²) < 4.78 is 7.05. The summed E-state index contributed by atoms with van der Waals surface area (Å²) in [5.74, 6) is -0.127. The number of para-hydroxylation sites is 1.